The summed E-state index contributed by atoms with van der Waals surface area (Å²) in [4.78, 5) is 29.3. The van der Waals surface area contributed by atoms with Crippen molar-refractivity contribution in [2.24, 2.45) is 5.92 Å². The Kier molecular flexibility index (Phi) is 7.11. The fourth-order valence-electron chi connectivity index (χ4n) is 3.81. The molecular formula is C24H31N3O3. The molecule has 1 aliphatic heterocycles. The molecular weight excluding hydrogens is 378 g/mol. The predicted molar refractivity (Wildman–Crippen MR) is 119 cm³/mol. The molecule has 2 unspecified atom stereocenters. The zero-order chi connectivity index (χ0) is 21.7. The van der Waals surface area contributed by atoms with Crippen LogP contribution in [0.5, 0.6) is 5.75 Å². The molecule has 3 rings (SSSR count). The van der Waals surface area contributed by atoms with Gasteiger partial charge in [-0.2, -0.15) is 0 Å². The monoisotopic (exact) mass is 409 g/mol. The number of nitrogens with one attached hydrogen (secondary N) is 1. The van der Waals surface area contributed by atoms with Gasteiger partial charge in [0.25, 0.3) is 0 Å². The first-order valence-corrected chi connectivity index (χ1v) is 10.3. The van der Waals surface area contributed by atoms with Crippen molar-refractivity contribution >= 4 is 17.5 Å². The van der Waals surface area contributed by atoms with Crippen molar-refractivity contribution in [1.82, 2.24) is 10.2 Å². The van der Waals surface area contributed by atoms with E-state index in [0.717, 1.165) is 17.7 Å². The van der Waals surface area contributed by atoms with Crippen LogP contribution in [-0.4, -0.2) is 57.1 Å². The maximum Gasteiger partial charge on any atom is 0.227 e. The molecule has 2 aromatic carbocycles. The smallest absolute Gasteiger partial charge is 0.227 e. The number of likely N-dealkylation sites (N-methyl/N-ethyl adjacent to an activating group) is 1. The van der Waals surface area contributed by atoms with E-state index in [4.69, 9.17) is 4.74 Å². The van der Waals surface area contributed by atoms with Crippen molar-refractivity contribution in [2.45, 2.75) is 25.8 Å². The van der Waals surface area contributed by atoms with Crippen molar-refractivity contribution < 1.29 is 14.3 Å². The van der Waals surface area contributed by atoms with Gasteiger partial charge in [0.05, 0.1) is 18.7 Å². The van der Waals surface area contributed by atoms with Crippen molar-refractivity contribution in [3.05, 3.63) is 59.7 Å². The lowest BCUT2D eigenvalue weighted by molar-refractivity contribution is -0.126. The third-order valence-electron chi connectivity index (χ3n) is 5.68. The zero-order valence-corrected chi connectivity index (χ0v) is 18.2. The minimum absolute atomic E-state index is 0.0486. The number of carbonyl (C=O) groups excluding carboxylic acids is 2. The fraction of sp³-hybridized carbons (Fsp3) is 0.417. The van der Waals surface area contributed by atoms with Gasteiger partial charge < -0.3 is 19.9 Å². The summed E-state index contributed by atoms with van der Waals surface area (Å²) in [6.07, 6.45) is 1.07. The van der Waals surface area contributed by atoms with E-state index < -0.39 is 0 Å². The van der Waals surface area contributed by atoms with Crippen LogP contribution in [-0.2, 0) is 16.0 Å². The Balaban J connectivity index is 1.62. The number of methoxy groups -OCH3 is 1. The van der Waals surface area contributed by atoms with E-state index >= 15 is 0 Å². The number of rotatable bonds is 8. The second-order valence-corrected chi connectivity index (χ2v) is 8.13. The summed E-state index contributed by atoms with van der Waals surface area (Å²) < 4.78 is 5.42. The SMILES string of the molecule is COc1ccc(C)cc1N1CC(C(=O)NCC(Cc2ccccc2)N(C)C)CC1=O. The molecule has 0 aromatic heterocycles. The van der Waals surface area contributed by atoms with Crippen LogP contribution in [0.1, 0.15) is 17.5 Å². The summed E-state index contributed by atoms with van der Waals surface area (Å²) in [6, 6.07) is 16.2. The molecule has 1 fully saturated rings. The molecule has 160 valence electrons. The molecule has 1 aliphatic rings. The average Bonchev–Trinajstić information content (AvgIpc) is 3.13. The van der Waals surface area contributed by atoms with E-state index in [0.29, 0.717) is 18.8 Å². The summed E-state index contributed by atoms with van der Waals surface area (Å²) in [5, 5.41) is 3.07. The number of carbonyl (C=O) groups is 2. The molecule has 0 spiro atoms. The molecule has 6 heteroatoms. The van der Waals surface area contributed by atoms with Gasteiger partial charge >= 0.3 is 0 Å². The van der Waals surface area contributed by atoms with Crippen LogP contribution in [0.3, 0.4) is 0 Å². The van der Waals surface area contributed by atoms with E-state index in [1.165, 1.54) is 5.56 Å². The number of ether oxygens (including phenoxy) is 1. The number of hydrogen-bond acceptors (Lipinski definition) is 4. The Morgan fingerprint density at radius 2 is 1.97 bits per heavy atom. The highest BCUT2D eigenvalue weighted by Crippen LogP contribution is 2.33. The molecule has 0 saturated carbocycles. The summed E-state index contributed by atoms with van der Waals surface area (Å²) in [6.45, 7) is 2.89. The minimum atomic E-state index is -0.359. The van der Waals surface area contributed by atoms with Gasteiger partial charge in [-0.1, -0.05) is 36.4 Å². The molecule has 0 bridgehead atoms. The lowest BCUT2D eigenvalue weighted by atomic mass is 10.0. The standard InChI is InChI=1S/C24H31N3O3/c1-17-10-11-22(30-4)21(12-17)27-16-19(14-23(27)28)24(29)25-15-20(26(2)3)13-18-8-6-5-7-9-18/h5-12,19-20H,13-16H2,1-4H3,(H,25,29). The topological polar surface area (TPSA) is 61.9 Å². The first-order chi connectivity index (χ1) is 14.4. The number of amides is 2. The maximum atomic E-state index is 12.8. The van der Waals surface area contributed by atoms with Gasteiger partial charge in [0.15, 0.2) is 0 Å². The molecule has 1 saturated heterocycles. The number of anilines is 1. The van der Waals surface area contributed by atoms with Crippen LogP contribution in [0.25, 0.3) is 0 Å². The molecule has 0 aliphatic carbocycles. The first kappa shape index (κ1) is 21.8. The summed E-state index contributed by atoms with van der Waals surface area (Å²) in [5.74, 6) is 0.165. The lowest BCUT2D eigenvalue weighted by Crippen LogP contribution is -2.43. The van der Waals surface area contributed by atoms with Crippen LogP contribution < -0.4 is 15.0 Å². The molecule has 2 aromatic rings. The molecule has 2 amide bonds. The third kappa shape index (κ3) is 5.19. The highest BCUT2D eigenvalue weighted by Gasteiger charge is 2.36. The second kappa shape index (κ2) is 9.76. The van der Waals surface area contributed by atoms with Crippen LogP contribution >= 0.6 is 0 Å². The molecule has 1 heterocycles. The Hall–Kier alpha value is -2.86. The van der Waals surface area contributed by atoms with Gasteiger partial charge in [-0.05, 0) is 50.7 Å². The minimum Gasteiger partial charge on any atom is -0.495 e. The largest absolute Gasteiger partial charge is 0.495 e. The van der Waals surface area contributed by atoms with Gasteiger partial charge in [0, 0.05) is 25.6 Å². The van der Waals surface area contributed by atoms with Crippen LogP contribution in [0.2, 0.25) is 0 Å². The lowest BCUT2D eigenvalue weighted by Gasteiger charge is -2.25. The fourth-order valence-corrected chi connectivity index (χ4v) is 3.81. The molecule has 30 heavy (non-hydrogen) atoms. The van der Waals surface area contributed by atoms with Crippen molar-refractivity contribution in [2.75, 3.05) is 39.2 Å². The number of benzene rings is 2. The van der Waals surface area contributed by atoms with Crippen LogP contribution in [0.4, 0.5) is 5.69 Å². The van der Waals surface area contributed by atoms with Crippen LogP contribution in [0.15, 0.2) is 48.5 Å². The highest BCUT2D eigenvalue weighted by atomic mass is 16.5. The third-order valence-corrected chi connectivity index (χ3v) is 5.68. The Morgan fingerprint density at radius 1 is 1.23 bits per heavy atom. The Bertz CT molecular complexity index is 883. The molecule has 2 atom stereocenters. The predicted octanol–water partition coefficient (Wildman–Crippen LogP) is 2.65. The number of hydrogen-bond donors (Lipinski definition) is 1. The maximum absolute atomic E-state index is 12.8. The first-order valence-electron chi connectivity index (χ1n) is 10.3. The summed E-state index contributed by atoms with van der Waals surface area (Å²) in [5.41, 5.74) is 3.01. The van der Waals surface area contributed by atoms with E-state index in [1.807, 2.05) is 57.4 Å². The molecule has 0 radical (unpaired) electrons. The zero-order valence-electron chi connectivity index (χ0n) is 18.2. The average molecular weight is 410 g/mol. The molecule has 1 N–H and O–H groups in total. The summed E-state index contributed by atoms with van der Waals surface area (Å²) >= 11 is 0. The Labute approximate surface area is 178 Å². The van der Waals surface area contributed by atoms with E-state index in [1.54, 1.807) is 12.0 Å². The number of aryl methyl sites for hydroxylation is 1. The van der Waals surface area contributed by atoms with Gasteiger partial charge in [0.1, 0.15) is 5.75 Å². The highest BCUT2D eigenvalue weighted by molar-refractivity contribution is 6.01. The Morgan fingerprint density at radius 3 is 2.63 bits per heavy atom. The molecule has 6 nitrogen and oxygen atoms in total. The van der Waals surface area contributed by atoms with Gasteiger partial charge in [0.2, 0.25) is 11.8 Å². The van der Waals surface area contributed by atoms with Gasteiger partial charge in [-0.15, -0.1) is 0 Å². The van der Waals surface area contributed by atoms with Crippen molar-refractivity contribution in [3.63, 3.8) is 0 Å². The van der Waals surface area contributed by atoms with E-state index in [2.05, 4.69) is 22.3 Å². The van der Waals surface area contributed by atoms with Crippen molar-refractivity contribution in [3.8, 4) is 5.75 Å². The van der Waals surface area contributed by atoms with Gasteiger partial charge in [-0.25, -0.2) is 0 Å². The van der Waals surface area contributed by atoms with Gasteiger partial charge in [-0.3, -0.25) is 9.59 Å². The normalized spacial score (nSPS) is 17.3. The second-order valence-electron chi connectivity index (χ2n) is 8.13. The van der Waals surface area contributed by atoms with Crippen molar-refractivity contribution in [1.29, 1.82) is 0 Å². The van der Waals surface area contributed by atoms with E-state index in [9.17, 15) is 9.59 Å². The van der Waals surface area contributed by atoms with E-state index in [-0.39, 0.29) is 30.2 Å². The quantitative estimate of drug-likeness (QED) is 0.728. The summed E-state index contributed by atoms with van der Waals surface area (Å²) in [7, 11) is 5.63. The number of nitrogens with zero attached hydrogens (tertiary/aromatic N) is 2. The van der Waals surface area contributed by atoms with Crippen LogP contribution in [0, 0.1) is 12.8 Å².